The van der Waals surface area contributed by atoms with Gasteiger partial charge in [-0.05, 0) is 38.8 Å². The third-order valence-corrected chi connectivity index (χ3v) is 3.67. The van der Waals surface area contributed by atoms with E-state index in [9.17, 15) is 4.39 Å². The maximum Gasteiger partial charge on any atom is 0.161 e. The first kappa shape index (κ1) is 12.4. The molecular formula is C13H17FN2S. The van der Waals surface area contributed by atoms with Crippen molar-refractivity contribution in [3.8, 4) is 0 Å². The molecule has 0 spiro atoms. The Labute approximate surface area is 106 Å². The summed E-state index contributed by atoms with van der Waals surface area (Å²) in [6.07, 6.45) is 1.05. The first-order chi connectivity index (χ1) is 7.98. The Morgan fingerprint density at radius 3 is 2.88 bits per heavy atom. The normalized spacial score (nSPS) is 18.7. The molecule has 2 nitrogen and oxygen atoms in total. The van der Waals surface area contributed by atoms with Gasteiger partial charge in [0.1, 0.15) is 5.82 Å². The zero-order valence-electron chi connectivity index (χ0n) is 10.4. The number of hydrogen-bond acceptors (Lipinski definition) is 3. The second-order valence-electron chi connectivity index (χ2n) is 4.89. The van der Waals surface area contributed by atoms with Crippen LogP contribution in [0.5, 0.6) is 0 Å². The minimum absolute atomic E-state index is 0.0477. The first-order valence-electron chi connectivity index (χ1n) is 5.73. The van der Waals surface area contributed by atoms with Gasteiger partial charge in [-0.25, -0.2) is 4.39 Å². The van der Waals surface area contributed by atoms with E-state index < -0.39 is 0 Å². The second kappa shape index (κ2) is 4.69. The molecule has 0 unspecified atom stereocenters. The monoisotopic (exact) mass is 252 g/mol. The number of aryl methyl sites for hydroxylation is 1. The zero-order chi connectivity index (χ0) is 12.5. The van der Waals surface area contributed by atoms with E-state index in [0.29, 0.717) is 11.3 Å². The Kier molecular flexibility index (Phi) is 3.43. The van der Waals surface area contributed by atoms with Gasteiger partial charge in [0.15, 0.2) is 5.17 Å². The van der Waals surface area contributed by atoms with Gasteiger partial charge in [-0.1, -0.05) is 23.9 Å². The fraction of sp³-hybridized carbons (Fsp3) is 0.462. The number of benzene rings is 1. The van der Waals surface area contributed by atoms with E-state index in [2.05, 4.69) is 24.2 Å². The van der Waals surface area contributed by atoms with Crippen LogP contribution in [0.2, 0.25) is 0 Å². The fourth-order valence-corrected chi connectivity index (χ4v) is 2.97. The van der Waals surface area contributed by atoms with Crippen LogP contribution in [0.25, 0.3) is 0 Å². The molecule has 17 heavy (non-hydrogen) atoms. The van der Waals surface area contributed by atoms with Crippen LogP contribution in [0, 0.1) is 12.7 Å². The number of nitrogens with zero attached hydrogens (tertiary/aromatic N) is 1. The Balaban J connectivity index is 2.21. The highest BCUT2D eigenvalue weighted by Gasteiger charge is 2.22. The molecule has 1 heterocycles. The van der Waals surface area contributed by atoms with Crippen LogP contribution in [0.1, 0.15) is 25.8 Å². The van der Waals surface area contributed by atoms with Crippen molar-refractivity contribution in [2.75, 3.05) is 11.1 Å². The van der Waals surface area contributed by atoms with Gasteiger partial charge < -0.3 is 5.32 Å². The molecule has 0 saturated heterocycles. The smallest absolute Gasteiger partial charge is 0.161 e. The first-order valence-corrected chi connectivity index (χ1v) is 6.71. The average Bonchev–Trinajstić information content (AvgIpc) is 2.23. The summed E-state index contributed by atoms with van der Waals surface area (Å²) in [6, 6.07) is 5.35. The maximum absolute atomic E-state index is 13.8. The van der Waals surface area contributed by atoms with Gasteiger partial charge in [-0.15, -0.1) is 0 Å². The highest BCUT2D eigenvalue weighted by atomic mass is 32.2. The van der Waals surface area contributed by atoms with E-state index in [1.807, 2.05) is 6.07 Å². The molecule has 92 valence electrons. The molecule has 1 aromatic rings. The molecule has 0 bridgehead atoms. The van der Waals surface area contributed by atoms with Crippen LogP contribution in [0.15, 0.2) is 23.2 Å². The van der Waals surface area contributed by atoms with Crippen molar-refractivity contribution in [2.24, 2.45) is 4.99 Å². The summed E-state index contributed by atoms with van der Waals surface area (Å²) >= 11 is 1.65. The molecular weight excluding hydrogens is 235 g/mol. The lowest BCUT2D eigenvalue weighted by Gasteiger charge is -2.26. The van der Waals surface area contributed by atoms with Crippen LogP contribution in [-0.2, 0) is 0 Å². The van der Waals surface area contributed by atoms with Crippen molar-refractivity contribution in [3.63, 3.8) is 0 Å². The summed E-state index contributed by atoms with van der Waals surface area (Å²) in [5.41, 5.74) is 1.11. The van der Waals surface area contributed by atoms with E-state index in [-0.39, 0.29) is 11.4 Å². The number of thioether (sulfide) groups is 1. The number of nitrogens with one attached hydrogen (secondary N) is 1. The maximum atomic E-state index is 13.8. The predicted octanol–water partition coefficient (Wildman–Crippen LogP) is 3.82. The lowest BCUT2D eigenvalue weighted by Crippen LogP contribution is -2.27. The lowest BCUT2D eigenvalue weighted by molar-refractivity contribution is 0.507. The summed E-state index contributed by atoms with van der Waals surface area (Å²) in [5, 5.41) is 3.89. The predicted molar refractivity (Wildman–Crippen MR) is 73.3 cm³/mol. The molecule has 0 saturated carbocycles. The standard InChI is InChI=1S/C13H17FN2S/c1-9-5-4-6-10(11(9)14)15-12-16-13(2,3)7-8-17-12/h4-6H,7-8H2,1-3H3,(H,15,16). The van der Waals surface area contributed by atoms with Gasteiger partial charge >= 0.3 is 0 Å². The Hall–Kier alpha value is -1.03. The van der Waals surface area contributed by atoms with Gasteiger partial charge in [0.25, 0.3) is 0 Å². The Bertz CT molecular complexity index is 455. The van der Waals surface area contributed by atoms with Crippen molar-refractivity contribution >= 4 is 22.6 Å². The molecule has 2 rings (SSSR count). The van der Waals surface area contributed by atoms with Gasteiger partial charge in [0.05, 0.1) is 11.2 Å². The zero-order valence-corrected chi connectivity index (χ0v) is 11.2. The Morgan fingerprint density at radius 2 is 2.18 bits per heavy atom. The van der Waals surface area contributed by atoms with Gasteiger partial charge in [0.2, 0.25) is 0 Å². The van der Waals surface area contributed by atoms with Crippen molar-refractivity contribution in [2.45, 2.75) is 32.7 Å². The summed E-state index contributed by atoms with van der Waals surface area (Å²) in [4.78, 5) is 4.58. The highest BCUT2D eigenvalue weighted by molar-refractivity contribution is 8.14. The van der Waals surface area contributed by atoms with E-state index in [1.165, 1.54) is 0 Å². The second-order valence-corrected chi connectivity index (χ2v) is 5.97. The van der Waals surface area contributed by atoms with E-state index >= 15 is 0 Å². The Morgan fingerprint density at radius 1 is 1.41 bits per heavy atom. The van der Waals surface area contributed by atoms with E-state index in [4.69, 9.17) is 0 Å². The lowest BCUT2D eigenvalue weighted by atomic mass is 10.0. The minimum atomic E-state index is -0.195. The van der Waals surface area contributed by atoms with Crippen LogP contribution in [-0.4, -0.2) is 16.5 Å². The SMILES string of the molecule is Cc1cccc(NC2=NC(C)(C)CCS2)c1F. The molecule has 1 aromatic carbocycles. The van der Waals surface area contributed by atoms with Gasteiger partial charge in [-0.3, -0.25) is 4.99 Å². The molecule has 0 aliphatic carbocycles. The van der Waals surface area contributed by atoms with Crippen LogP contribution in [0.4, 0.5) is 10.1 Å². The number of rotatable bonds is 1. The third-order valence-electron chi connectivity index (χ3n) is 2.79. The highest BCUT2D eigenvalue weighted by Crippen LogP contribution is 2.27. The van der Waals surface area contributed by atoms with Crippen molar-refractivity contribution in [1.29, 1.82) is 0 Å². The molecule has 0 atom stereocenters. The average molecular weight is 252 g/mol. The summed E-state index contributed by atoms with van der Waals surface area (Å²) < 4.78 is 13.8. The van der Waals surface area contributed by atoms with E-state index in [1.54, 1.807) is 30.8 Å². The topological polar surface area (TPSA) is 24.4 Å². The summed E-state index contributed by atoms with van der Waals surface area (Å²) in [7, 11) is 0. The number of halogens is 1. The van der Waals surface area contributed by atoms with Gasteiger partial charge in [0, 0.05) is 5.75 Å². The molecule has 1 N–H and O–H groups in total. The third kappa shape index (κ3) is 3.00. The minimum Gasteiger partial charge on any atom is -0.333 e. The molecule has 0 aromatic heterocycles. The fourth-order valence-electron chi connectivity index (χ4n) is 1.68. The molecule has 0 fully saturated rings. The van der Waals surface area contributed by atoms with Crippen molar-refractivity contribution in [1.82, 2.24) is 0 Å². The quantitative estimate of drug-likeness (QED) is 0.821. The van der Waals surface area contributed by atoms with Crippen molar-refractivity contribution in [3.05, 3.63) is 29.6 Å². The molecule has 4 heteroatoms. The molecule has 1 aliphatic rings. The molecule has 0 radical (unpaired) electrons. The van der Waals surface area contributed by atoms with Crippen LogP contribution in [0.3, 0.4) is 0 Å². The molecule has 0 amide bonds. The van der Waals surface area contributed by atoms with Crippen LogP contribution < -0.4 is 5.32 Å². The number of aliphatic imine (C=N–C) groups is 1. The van der Waals surface area contributed by atoms with E-state index in [0.717, 1.165) is 17.3 Å². The molecule has 1 aliphatic heterocycles. The number of anilines is 1. The largest absolute Gasteiger partial charge is 0.333 e. The number of hydrogen-bond donors (Lipinski definition) is 1. The van der Waals surface area contributed by atoms with Gasteiger partial charge in [-0.2, -0.15) is 0 Å². The van der Waals surface area contributed by atoms with Crippen molar-refractivity contribution < 1.29 is 4.39 Å². The van der Waals surface area contributed by atoms with Crippen LogP contribution >= 0.6 is 11.8 Å². The summed E-state index contributed by atoms with van der Waals surface area (Å²) in [6.45, 7) is 5.96. The number of amidine groups is 1. The summed E-state index contributed by atoms with van der Waals surface area (Å²) in [5.74, 6) is 0.825.